The third kappa shape index (κ3) is 2.58. The fraction of sp³-hybridized carbons (Fsp3) is 0.190. The summed E-state index contributed by atoms with van der Waals surface area (Å²) in [6.45, 7) is 4.73. The van der Waals surface area contributed by atoms with Gasteiger partial charge in [0.1, 0.15) is 4.83 Å². The predicted octanol–water partition coefficient (Wildman–Crippen LogP) is 4.23. The van der Waals surface area contributed by atoms with Crippen molar-refractivity contribution in [2.45, 2.75) is 26.8 Å². The molecule has 28 heavy (non-hydrogen) atoms. The number of thiophene rings is 1. The summed E-state index contributed by atoms with van der Waals surface area (Å²) in [7, 11) is 0. The maximum absolute atomic E-state index is 13.3. The Hall–Kier alpha value is -3.19. The largest absolute Gasteiger partial charge is 0.461 e. The molecule has 4 heterocycles. The summed E-state index contributed by atoms with van der Waals surface area (Å²) in [4.78, 5) is 20.0. The average Bonchev–Trinajstić information content (AvgIpc) is 3.43. The molecule has 0 radical (unpaired) electrons. The molecule has 0 saturated heterocycles. The smallest absolute Gasteiger partial charge is 0.351 e. The molecule has 0 aliphatic carbocycles. The Kier molecular flexibility index (Phi) is 3.91. The highest BCUT2D eigenvalue weighted by molar-refractivity contribution is 7.19. The molecule has 4 aromatic heterocycles. The lowest BCUT2D eigenvalue weighted by molar-refractivity contribution is 0.576. The number of fused-ring (bicyclic) bond motifs is 3. The van der Waals surface area contributed by atoms with E-state index in [4.69, 9.17) is 4.42 Å². The minimum atomic E-state index is -0.176. The summed E-state index contributed by atoms with van der Waals surface area (Å²) < 4.78 is 8.65. The van der Waals surface area contributed by atoms with E-state index >= 15 is 0 Å². The van der Waals surface area contributed by atoms with E-state index in [9.17, 15) is 4.79 Å². The number of hydrogen-bond donors (Lipinski definition) is 0. The SMILES string of the molecule is Cc1sc2c(c1C)c1nc(-c3ccco3)nn1c(=O)n2CCc1ccccc1. The molecule has 0 fully saturated rings. The Morgan fingerprint density at radius 3 is 2.68 bits per heavy atom. The minimum absolute atomic E-state index is 0.176. The molecule has 0 amide bonds. The topological polar surface area (TPSA) is 65.3 Å². The second-order valence-electron chi connectivity index (χ2n) is 6.78. The fourth-order valence-electron chi connectivity index (χ4n) is 3.46. The van der Waals surface area contributed by atoms with Gasteiger partial charge in [-0.3, -0.25) is 4.57 Å². The van der Waals surface area contributed by atoms with Crippen molar-refractivity contribution in [3.05, 3.63) is 75.2 Å². The van der Waals surface area contributed by atoms with E-state index < -0.39 is 0 Å². The first kappa shape index (κ1) is 16.9. The van der Waals surface area contributed by atoms with Gasteiger partial charge in [0, 0.05) is 11.4 Å². The average molecular weight is 390 g/mol. The Morgan fingerprint density at radius 2 is 1.93 bits per heavy atom. The van der Waals surface area contributed by atoms with Gasteiger partial charge in [0.15, 0.2) is 11.4 Å². The number of nitrogens with zero attached hydrogens (tertiary/aromatic N) is 4. The van der Waals surface area contributed by atoms with Gasteiger partial charge in [-0.15, -0.1) is 16.4 Å². The number of aryl methyl sites for hydroxylation is 4. The third-order valence-electron chi connectivity index (χ3n) is 5.06. The second kappa shape index (κ2) is 6.45. The van der Waals surface area contributed by atoms with E-state index in [0.717, 1.165) is 22.2 Å². The van der Waals surface area contributed by atoms with Crippen molar-refractivity contribution in [3.63, 3.8) is 0 Å². The molecule has 0 atom stereocenters. The highest BCUT2D eigenvalue weighted by Gasteiger charge is 2.20. The normalized spacial score (nSPS) is 11.6. The summed E-state index contributed by atoms with van der Waals surface area (Å²) in [5, 5.41) is 5.44. The van der Waals surface area contributed by atoms with Gasteiger partial charge in [0.25, 0.3) is 0 Å². The number of furan rings is 1. The zero-order valence-electron chi connectivity index (χ0n) is 15.5. The number of rotatable bonds is 4. The number of benzene rings is 1. The van der Waals surface area contributed by atoms with Crippen LogP contribution < -0.4 is 5.69 Å². The summed E-state index contributed by atoms with van der Waals surface area (Å²) in [6, 6.07) is 13.8. The molecule has 0 aliphatic rings. The van der Waals surface area contributed by atoms with Gasteiger partial charge in [0.2, 0.25) is 5.82 Å². The van der Waals surface area contributed by atoms with Crippen molar-refractivity contribution in [2.24, 2.45) is 0 Å². The van der Waals surface area contributed by atoms with E-state index in [1.54, 1.807) is 29.7 Å². The zero-order chi connectivity index (χ0) is 19.3. The van der Waals surface area contributed by atoms with Gasteiger partial charge in [0.05, 0.1) is 11.6 Å². The van der Waals surface area contributed by atoms with Crippen LogP contribution >= 0.6 is 11.3 Å². The lowest BCUT2D eigenvalue weighted by atomic mass is 10.1. The molecule has 0 bridgehead atoms. The van der Waals surface area contributed by atoms with E-state index in [1.807, 2.05) is 22.8 Å². The van der Waals surface area contributed by atoms with Crippen LogP contribution in [0.15, 0.2) is 57.9 Å². The molecule has 0 spiro atoms. The summed E-state index contributed by atoms with van der Waals surface area (Å²) in [5.74, 6) is 0.976. The van der Waals surface area contributed by atoms with Gasteiger partial charge in [-0.1, -0.05) is 30.3 Å². The van der Waals surface area contributed by atoms with Crippen molar-refractivity contribution in [3.8, 4) is 11.6 Å². The Balaban J connectivity index is 1.73. The monoisotopic (exact) mass is 390 g/mol. The Bertz CT molecular complexity index is 1340. The first-order valence-corrected chi connectivity index (χ1v) is 9.92. The van der Waals surface area contributed by atoms with Crippen LogP contribution in [0.3, 0.4) is 0 Å². The fourth-order valence-corrected chi connectivity index (χ4v) is 4.64. The number of hydrogen-bond acceptors (Lipinski definition) is 5. The zero-order valence-corrected chi connectivity index (χ0v) is 16.4. The first-order valence-electron chi connectivity index (χ1n) is 9.10. The molecule has 0 N–H and O–H groups in total. The third-order valence-corrected chi connectivity index (χ3v) is 6.29. The minimum Gasteiger partial charge on any atom is -0.461 e. The maximum Gasteiger partial charge on any atom is 0.351 e. The molecule has 0 aliphatic heterocycles. The van der Waals surface area contributed by atoms with Crippen LogP contribution in [0.25, 0.3) is 27.4 Å². The summed E-state index contributed by atoms with van der Waals surface area (Å²) in [6.07, 6.45) is 2.35. The van der Waals surface area contributed by atoms with E-state index in [-0.39, 0.29) is 5.69 Å². The number of aromatic nitrogens is 4. The van der Waals surface area contributed by atoms with E-state index in [0.29, 0.717) is 23.8 Å². The lowest BCUT2D eigenvalue weighted by Crippen LogP contribution is -2.28. The molecule has 140 valence electrons. The molecule has 0 saturated carbocycles. The molecule has 0 unspecified atom stereocenters. The van der Waals surface area contributed by atoms with Crippen molar-refractivity contribution in [1.29, 1.82) is 0 Å². The maximum atomic E-state index is 13.3. The second-order valence-corrected chi connectivity index (χ2v) is 7.98. The van der Waals surface area contributed by atoms with Crippen molar-refractivity contribution >= 4 is 27.2 Å². The van der Waals surface area contributed by atoms with Gasteiger partial charge in [-0.05, 0) is 43.5 Å². The van der Waals surface area contributed by atoms with Crippen LogP contribution in [0.5, 0.6) is 0 Å². The standard InChI is InChI=1S/C21H18N4O2S/c1-13-14(2)28-20-17(13)19-22-18(16-9-6-12-27-16)23-25(19)21(26)24(20)11-10-15-7-4-3-5-8-15/h3-9,12H,10-11H2,1-2H3. The van der Waals surface area contributed by atoms with Crippen LogP contribution in [-0.4, -0.2) is 19.2 Å². The molecule has 5 rings (SSSR count). The molecule has 7 heteroatoms. The van der Waals surface area contributed by atoms with Gasteiger partial charge < -0.3 is 4.42 Å². The molecular weight excluding hydrogens is 372 g/mol. The Morgan fingerprint density at radius 1 is 1.11 bits per heavy atom. The highest BCUT2D eigenvalue weighted by Crippen LogP contribution is 2.32. The Labute approximate surface area is 164 Å². The van der Waals surface area contributed by atoms with Crippen LogP contribution in [0.4, 0.5) is 0 Å². The molecule has 5 aromatic rings. The molecule has 6 nitrogen and oxygen atoms in total. The van der Waals surface area contributed by atoms with Crippen LogP contribution in [0.2, 0.25) is 0 Å². The first-order chi connectivity index (χ1) is 13.6. The summed E-state index contributed by atoms with van der Waals surface area (Å²) in [5.41, 5.74) is 2.74. The van der Waals surface area contributed by atoms with E-state index in [1.165, 1.54) is 15.0 Å². The van der Waals surface area contributed by atoms with Crippen molar-refractivity contribution in [1.82, 2.24) is 19.2 Å². The van der Waals surface area contributed by atoms with Gasteiger partial charge in [-0.25, -0.2) is 9.78 Å². The summed E-state index contributed by atoms with van der Waals surface area (Å²) >= 11 is 1.63. The van der Waals surface area contributed by atoms with Crippen LogP contribution in [-0.2, 0) is 13.0 Å². The molecular formula is C21H18N4O2S. The van der Waals surface area contributed by atoms with Crippen LogP contribution in [0.1, 0.15) is 16.0 Å². The van der Waals surface area contributed by atoms with Crippen molar-refractivity contribution < 1.29 is 4.42 Å². The predicted molar refractivity (Wildman–Crippen MR) is 110 cm³/mol. The van der Waals surface area contributed by atoms with Gasteiger partial charge >= 0.3 is 5.69 Å². The van der Waals surface area contributed by atoms with Gasteiger partial charge in [-0.2, -0.15) is 4.52 Å². The molecule has 1 aromatic carbocycles. The highest BCUT2D eigenvalue weighted by atomic mass is 32.1. The van der Waals surface area contributed by atoms with E-state index in [2.05, 4.69) is 36.1 Å². The van der Waals surface area contributed by atoms with Crippen LogP contribution in [0, 0.1) is 13.8 Å². The quantitative estimate of drug-likeness (QED) is 0.461. The lowest BCUT2D eigenvalue weighted by Gasteiger charge is -2.08. The van der Waals surface area contributed by atoms with Crippen molar-refractivity contribution in [2.75, 3.05) is 0 Å².